The smallest absolute Gasteiger partial charge is 0.198 e. The van der Waals surface area contributed by atoms with Gasteiger partial charge in [0.15, 0.2) is 7.28 Å². The highest BCUT2D eigenvalue weighted by molar-refractivity contribution is 6.73. The maximum atomic E-state index is 6.52. The summed E-state index contributed by atoms with van der Waals surface area (Å²) in [6.07, 6.45) is 0. The number of para-hydroxylation sites is 1. The molecule has 0 unspecified atom stereocenters. The number of rotatable bonds is 4. The van der Waals surface area contributed by atoms with Crippen LogP contribution < -0.4 is 16.2 Å². The van der Waals surface area contributed by atoms with Gasteiger partial charge in [-0.1, -0.05) is 108 Å². The Hall–Kier alpha value is -6.00. The van der Waals surface area contributed by atoms with Gasteiger partial charge in [-0.25, -0.2) is 0 Å². The highest BCUT2D eigenvalue weighted by Crippen LogP contribution is 2.42. The standard InChI is InChI=1S/C44H31BN2O/c1-26-16-19-31(20-17-26)46-36-15-9-8-14-33(36)34-22-27(2)41-42-32-13-7-6-10-28(32)18-21-37(42)47-38-23-30-24-39(29-11-4-3-5-12-29)48-40(30)25-35(38)45-43(34)44(41)47/h3-25,45-46H,1-2H3. The predicted molar refractivity (Wildman–Crippen MR) is 205 cm³/mol. The Balaban J connectivity index is 1.27. The normalized spacial score (nSPS) is 12.1. The van der Waals surface area contributed by atoms with E-state index in [1.807, 2.05) is 6.07 Å². The van der Waals surface area contributed by atoms with Gasteiger partial charge in [0.1, 0.15) is 11.3 Å². The first-order chi connectivity index (χ1) is 23.6. The van der Waals surface area contributed by atoms with Crippen LogP contribution in [0, 0.1) is 13.8 Å². The van der Waals surface area contributed by atoms with Crippen LogP contribution in [0.5, 0.6) is 0 Å². The number of hydrogen-bond acceptors (Lipinski definition) is 2. The Kier molecular flexibility index (Phi) is 5.80. The number of aromatic nitrogens is 1. The summed E-state index contributed by atoms with van der Waals surface area (Å²) in [6.45, 7) is 4.41. The molecule has 3 heterocycles. The molecule has 0 fully saturated rings. The molecule has 3 nitrogen and oxygen atoms in total. The van der Waals surface area contributed by atoms with Crippen LogP contribution in [-0.2, 0) is 0 Å². The van der Waals surface area contributed by atoms with Gasteiger partial charge in [-0.2, -0.15) is 0 Å². The predicted octanol–water partition coefficient (Wildman–Crippen LogP) is 10.1. The van der Waals surface area contributed by atoms with Gasteiger partial charge in [-0.15, -0.1) is 0 Å². The molecule has 0 amide bonds. The lowest BCUT2D eigenvalue weighted by Crippen LogP contribution is -2.37. The summed E-state index contributed by atoms with van der Waals surface area (Å²) in [5.41, 5.74) is 15.6. The van der Waals surface area contributed by atoms with Crippen molar-refractivity contribution in [2.75, 3.05) is 5.32 Å². The zero-order chi connectivity index (χ0) is 31.9. The lowest BCUT2D eigenvalue weighted by molar-refractivity contribution is 0.632. The fourth-order valence-corrected chi connectivity index (χ4v) is 7.92. The van der Waals surface area contributed by atoms with Crippen LogP contribution in [0.3, 0.4) is 0 Å². The summed E-state index contributed by atoms with van der Waals surface area (Å²) in [6, 6.07) is 50.3. The average molecular weight is 615 g/mol. The SMILES string of the molecule is Cc1ccc(Nc2ccccc2-c2cc(C)c3c4c5ccccc5ccc4n4c3c2Bc2cc3oc(-c5ccccc5)cc3cc2-4)cc1. The molecule has 9 aromatic rings. The minimum atomic E-state index is 0.811. The number of nitrogens with zero attached hydrogens (tertiary/aromatic N) is 1. The molecule has 226 valence electrons. The number of benzene rings is 7. The van der Waals surface area contributed by atoms with Crippen molar-refractivity contribution in [1.29, 1.82) is 0 Å². The van der Waals surface area contributed by atoms with Gasteiger partial charge in [0.05, 0.1) is 5.52 Å². The van der Waals surface area contributed by atoms with E-state index in [1.165, 1.54) is 71.4 Å². The lowest BCUT2D eigenvalue weighted by Gasteiger charge is -2.24. The summed E-state index contributed by atoms with van der Waals surface area (Å²) in [5, 5.41) is 10.1. The molecular weight excluding hydrogens is 583 g/mol. The number of anilines is 2. The molecule has 48 heavy (non-hydrogen) atoms. The average Bonchev–Trinajstić information content (AvgIpc) is 3.71. The Morgan fingerprint density at radius 3 is 2.31 bits per heavy atom. The third-order valence-corrected chi connectivity index (χ3v) is 10.2. The molecule has 10 rings (SSSR count). The minimum absolute atomic E-state index is 0.811. The highest BCUT2D eigenvalue weighted by atomic mass is 16.3. The van der Waals surface area contributed by atoms with E-state index in [0.717, 1.165) is 40.9 Å². The van der Waals surface area contributed by atoms with Crippen LogP contribution in [0.15, 0.2) is 144 Å². The second-order valence-electron chi connectivity index (χ2n) is 13.2. The summed E-state index contributed by atoms with van der Waals surface area (Å²) in [5.74, 6) is 0.895. The van der Waals surface area contributed by atoms with Crippen molar-refractivity contribution in [2.24, 2.45) is 0 Å². The topological polar surface area (TPSA) is 30.1 Å². The Bertz CT molecular complexity index is 2740. The van der Waals surface area contributed by atoms with Crippen LogP contribution in [0.1, 0.15) is 11.1 Å². The first-order valence-electron chi connectivity index (χ1n) is 16.6. The minimum Gasteiger partial charge on any atom is -0.456 e. The van der Waals surface area contributed by atoms with E-state index in [0.29, 0.717) is 0 Å². The molecule has 2 aromatic heterocycles. The van der Waals surface area contributed by atoms with E-state index in [4.69, 9.17) is 4.42 Å². The molecule has 1 aliphatic heterocycles. The summed E-state index contributed by atoms with van der Waals surface area (Å²) < 4.78 is 9.05. The molecule has 0 aliphatic carbocycles. The Labute approximate surface area is 279 Å². The van der Waals surface area contributed by atoms with Gasteiger partial charge >= 0.3 is 0 Å². The molecule has 0 spiro atoms. The molecule has 0 saturated heterocycles. The number of nitrogens with one attached hydrogen (secondary N) is 1. The summed E-state index contributed by atoms with van der Waals surface area (Å²) in [4.78, 5) is 0. The van der Waals surface area contributed by atoms with Crippen molar-refractivity contribution in [1.82, 2.24) is 4.57 Å². The van der Waals surface area contributed by atoms with Crippen molar-refractivity contribution in [3.05, 3.63) is 151 Å². The van der Waals surface area contributed by atoms with E-state index >= 15 is 0 Å². The monoisotopic (exact) mass is 614 g/mol. The highest BCUT2D eigenvalue weighted by Gasteiger charge is 2.29. The van der Waals surface area contributed by atoms with E-state index < -0.39 is 0 Å². The lowest BCUT2D eigenvalue weighted by atomic mass is 9.58. The number of aryl methyl sites for hydroxylation is 2. The van der Waals surface area contributed by atoms with Crippen molar-refractivity contribution in [2.45, 2.75) is 13.8 Å². The molecule has 0 bridgehead atoms. The molecule has 0 radical (unpaired) electrons. The van der Waals surface area contributed by atoms with Gasteiger partial charge in [0, 0.05) is 49.9 Å². The van der Waals surface area contributed by atoms with Crippen molar-refractivity contribution < 1.29 is 4.42 Å². The van der Waals surface area contributed by atoms with Gasteiger partial charge in [-0.05, 0) is 83.7 Å². The molecule has 7 aromatic carbocycles. The largest absolute Gasteiger partial charge is 0.456 e. The summed E-state index contributed by atoms with van der Waals surface area (Å²) in [7, 11) is 0.811. The molecule has 1 N–H and O–H groups in total. The third-order valence-electron chi connectivity index (χ3n) is 10.2. The number of fused-ring (bicyclic) bond motifs is 8. The van der Waals surface area contributed by atoms with Crippen molar-refractivity contribution in [3.63, 3.8) is 0 Å². The van der Waals surface area contributed by atoms with Crippen molar-refractivity contribution in [3.8, 4) is 28.1 Å². The zero-order valence-corrected chi connectivity index (χ0v) is 26.8. The Morgan fingerprint density at radius 2 is 1.44 bits per heavy atom. The first-order valence-corrected chi connectivity index (χ1v) is 16.6. The number of hydrogen-bond donors (Lipinski definition) is 1. The van der Waals surface area contributed by atoms with Crippen LogP contribution in [0.2, 0.25) is 0 Å². The molecule has 4 heteroatoms. The van der Waals surface area contributed by atoms with Gasteiger partial charge < -0.3 is 14.3 Å². The molecule has 1 aliphatic rings. The van der Waals surface area contributed by atoms with E-state index in [9.17, 15) is 0 Å². The first kappa shape index (κ1) is 27.1. The zero-order valence-electron chi connectivity index (χ0n) is 26.8. The van der Waals surface area contributed by atoms with Crippen molar-refractivity contribution >= 4 is 73.1 Å². The fraction of sp³-hybridized carbons (Fsp3) is 0.0455. The maximum absolute atomic E-state index is 6.52. The second kappa shape index (κ2) is 10.3. The third kappa shape index (κ3) is 4.02. The summed E-state index contributed by atoms with van der Waals surface area (Å²) >= 11 is 0. The van der Waals surface area contributed by atoms with Crippen LogP contribution in [0.4, 0.5) is 11.4 Å². The van der Waals surface area contributed by atoms with E-state index in [2.05, 4.69) is 157 Å². The van der Waals surface area contributed by atoms with Crippen LogP contribution >= 0.6 is 0 Å². The Morgan fingerprint density at radius 1 is 0.646 bits per heavy atom. The maximum Gasteiger partial charge on any atom is 0.198 e. The quantitative estimate of drug-likeness (QED) is 0.200. The second-order valence-corrected chi connectivity index (χ2v) is 13.2. The molecule has 0 saturated carbocycles. The van der Waals surface area contributed by atoms with Gasteiger partial charge in [0.25, 0.3) is 0 Å². The number of furan rings is 1. The fourth-order valence-electron chi connectivity index (χ4n) is 7.92. The van der Waals surface area contributed by atoms with Crippen LogP contribution in [0.25, 0.3) is 71.7 Å². The van der Waals surface area contributed by atoms with E-state index in [1.54, 1.807) is 0 Å². The van der Waals surface area contributed by atoms with Crippen LogP contribution in [-0.4, -0.2) is 11.8 Å². The van der Waals surface area contributed by atoms with E-state index in [-0.39, 0.29) is 0 Å². The molecular formula is C44H31BN2O. The molecule has 0 atom stereocenters. The van der Waals surface area contributed by atoms with Gasteiger partial charge in [0.2, 0.25) is 0 Å². The van der Waals surface area contributed by atoms with Gasteiger partial charge in [-0.3, -0.25) is 0 Å².